The van der Waals surface area contributed by atoms with Crippen LogP contribution in [0.25, 0.3) is 15.9 Å². The summed E-state index contributed by atoms with van der Waals surface area (Å²) >= 11 is 0. The molecule has 0 aliphatic rings. The lowest BCUT2D eigenvalue weighted by Gasteiger charge is -1.97. The fourth-order valence-electron chi connectivity index (χ4n) is 1.37. The third-order valence-corrected chi connectivity index (χ3v) is 2.07. The molecule has 1 heterocycles. The summed E-state index contributed by atoms with van der Waals surface area (Å²) < 4.78 is 2.03. The highest BCUT2D eigenvalue weighted by molar-refractivity contribution is 5.79. The molecule has 3 nitrogen and oxygen atoms in total. The second-order valence-corrected chi connectivity index (χ2v) is 2.82. The van der Waals surface area contributed by atoms with Crippen molar-refractivity contribution < 1.29 is 0 Å². The summed E-state index contributed by atoms with van der Waals surface area (Å²) in [4.78, 5) is 7.61. The van der Waals surface area contributed by atoms with E-state index in [1.165, 1.54) is 0 Å². The molecule has 2 aromatic rings. The average Bonchev–Trinajstić information content (AvgIpc) is 2.59. The van der Waals surface area contributed by atoms with Crippen LogP contribution in [0.2, 0.25) is 0 Å². The molecular formula is C10H9N3. The van der Waals surface area contributed by atoms with Crippen molar-refractivity contribution in [2.45, 2.75) is 13.5 Å². The van der Waals surface area contributed by atoms with E-state index in [9.17, 15) is 0 Å². The van der Waals surface area contributed by atoms with Crippen LogP contribution in [0.1, 0.15) is 6.92 Å². The van der Waals surface area contributed by atoms with Gasteiger partial charge in [-0.2, -0.15) is 0 Å². The number of aryl methyl sites for hydroxylation is 1. The molecule has 64 valence electrons. The van der Waals surface area contributed by atoms with Crippen molar-refractivity contribution in [2.24, 2.45) is 0 Å². The van der Waals surface area contributed by atoms with Gasteiger partial charge in [-0.3, -0.25) is 0 Å². The van der Waals surface area contributed by atoms with Crippen molar-refractivity contribution in [3.05, 3.63) is 35.9 Å². The first-order chi connectivity index (χ1) is 6.35. The SMILES string of the molecule is [C-]#[N+]c1ccc2ncn(CC)c2c1. The zero-order chi connectivity index (χ0) is 9.26. The van der Waals surface area contributed by atoms with E-state index in [0.29, 0.717) is 5.69 Å². The zero-order valence-electron chi connectivity index (χ0n) is 7.36. The van der Waals surface area contributed by atoms with Crippen molar-refractivity contribution in [3.8, 4) is 0 Å². The predicted molar refractivity (Wildman–Crippen MR) is 51.7 cm³/mol. The molecule has 13 heavy (non-hydrogen) atoms. The summed E-state index contributed by atoms with van der Waals surface area (Å²) in [7, 11) is 0. The van der Waals surface area contributed by atoms with Gasteiger partial charge in [-0.1, -0.05) is 6.07 Å². The summed E-state index contributed by atoms with van der Waals surface area (Å²) in [6, 6.07) is 5.55. The van der Waals surface area contributed by atoms with Gasteiger partial charge in [0.05, 0.1) is 23.9 Å². The predicted octanol–water partition coefficient (Wildman–Crippen LogP) is 2.61. The van der Waals surface area contributed by atoms with E-state index >= 15 is 0 Å². The van der Waals surface area contributed by atoms with E-state index in [1.807, 2.05) is 16.7 Å². The lowest BCUT2D eigenvalue weighted by atomic mass is 10.3. The molecule has 1 aromatic carbocycles. The minimum absolute atomic E-state index is 0.669. The highest BCUT2D eigenvalue weighted by Gasteiger charge is 2.01. The van der Waals surface area contributed by atoms with Gasteiger partial charge in [0.15, 0.2) is 5.69 Å². The third-order valence-electron chi connectivity index (χ3n) is 2.07. The van der Waals surface area contributed by atoms with E-state index in [1.54, 1.807) is 12.4 Å². The highest BCUT2D eigenvalue weighted by atomic mass is 15.0. The molecule has 0 unspecified atom stereocenters. The van der Waals surface area contributed by atoms with Crippen molar-refractivity contribution in [2.75, 3.05) is 0 Å². The fraction of sp³-hybridized carbons (Fsp3) is 0.200. The number of benzene rings is 1. The maximum absolute atomic E-state index is 6.89. The van der Waals surface area contributed by atoms with Gasteiger partial charge in [0.25, 0.3) is 0 Å². The van der Waals surface area contributed by atoms with Crippen molar-refractivity contribution in [1.29, 1.82) is 0 Å². The first kappa shape index (κ1) is 7.81. The molecule has 0 radical (unpaired) electrons. The average molecular weight is 171 g/mol. The normalized spacial score (nSPS) is 10.2. The van der Waals surface area contributed by atoms with Gasteiger partial charge in [-0.25, -0.2) is 9.83 Å². The number of rotatable bonds is 1. The van der Waals surface area contributed by atoms with E-state index in [4.69, 9.17) is 6.57 Å². The van der Waals surface area contributed by atoms with Crippen LogP contribution in [0, 0.1) is 6.57 Å². The van der Waals surface area contributed by atoms with Gasteiger partial charge >= 0.3 is 0 Å². The third kappa shape index (κ3) is 1.17. The molecule has 0 aliphatic carbocycles. The Balaban J connectivity index is 2.73. The van der Waals surface area contributed by atoms with Crippen LogP contribution < -0.4 is 0 Å². The molecular weight excluding hydrogens is 162 g/mol. The molecule has 0 spiro atoms. The number of hydrogen-bond donors (Lipinski definition) is 0. The molecule has 0 amide bonds. The van der Waals surface area contributed by atoms with Gasteiger partial charge in [0, 0.05) is 6.54 Å². The van der Waals surface area contributed by atoms with E-state index in [0.717, 1.165) is 17.6 Å². The Labute approximate surface area is 76.4 Å². The smallest absolute Gasteiger partial charge is 0.189 e. The molecule has 0 fully saturated rings. The maximum Gasteiger partial charge on any atom is 0.189 e. The Hall–Kier alpha value is -1.82. The number of fused-ring (bicyclic) bond motifs is 1. The Morgan fingerprint density at radius 3 is 3.08 bits per heavy atom. The molecule has 0 saturated carbocycles. The maximum atomic E-state index is 6.89. The Morgan fingerprint density at radius 1 is 1.54 bits per heavy atom. The molecule has 0 aliphatic heterocycles. The van der Waals surface area contributed by atoms with E-state index in [-0.39, 0.29) is 0 Å². The number of nitrogens with zero attached hydrogens (tertiary/aromatic N) is 3. The first-order valence-electron chi connectivity index (χ1n) is 4.17. The summed E-state index contributed by atoms with van der Waals surface area (Å²) in [5.74, 6) is 0. The van der Waals surface area contributed by atoms with Crippen LogP contribution in [0.4, 0.5) is 5.69 Å². The molecule has 2 rings (SSSR count). The van der Waals surface area contributed by atoms with E-state index < -0.39 is 0 Å². The molecule has 0 N–H and O–H groups in total. The lowest BCUT2D eigenvalue weighted by Crippen LogP contribution is -1.89. The minimum Gasteiger partial charge on any atom is -0.332 e. The largest absolute Gasteiger partial charge is 0.332 e. The lowest BCUT2D eigenvalue weighted by molar-refractivity contribution is 0.787. The van der Waals surface area contributed by atoms with Gasteiger partial charge in [-0.15, -0.1) is 0 Å². The molecule has 3 heteroatoms. The summed E-state index contributed by atoms with van der Waals surface area (Å²) in [5, 5.41) is 0. The minimum atomic E-state index is 0.669. The standard InChI is InChI=1S/C10H9N3/c1-3-13-7-12-9-5-4-8(11-2)6-10(9)13/h4-7H,3H2,1H3. The zero-order valence-corrected chi connectivity index (χ0v) is 7.36. The Morgan fingerprint density at radius 2 is 2.38 bits per heavy atom. The van der Waals surface area contributed by atoms with Crippen LogP contribution in [-0.2, 0) is 6.54 Å². The first-order valence-corrected chi connectivity index (χ1v) is 4.17. The monoisotopic (exact) mass is 171 g/mol. The number of imidazole rings is 1. The van der Waals surface area contributed by atoms with Crippen molar-refractivity contribution >= 4 is 16.7 Å². The highest BCUT2D eigenvalue weighted by Crippen LogP contribution is 2.20. The van der Waals surface area contributed by atoms with Gasteiger partial charge in [0.1, 0.15) is 0 Å². The summed E-state index contributed by atoms with van der Waals surface area (Å²) in [6.45, 7) is 9.84. The second kappa shape index (κ2) is 2.91. The molecule has 0 bridgehead atoms. The van der Waals surface area contributed by atoms with Gasteiger partial charge in [0.2, 0.25) is 0 Å². The summed E-state index contributed by atoms with van der Waals surface area (Å²) in [6.07, 6.45) is 1.80. The van der Waals surface area contributed by atoms with Gasteiger partial charge < -0.3 is 4.57 Å². The number of aromatic nitrogens is 2. The van der Waals surface area contributed by atoms with Crippen LogP contribution >= 0.6 is 0 Å². The fourth-order valence-corrected chi connectivity index (χ4v) is 1.37. The molecule has 1 aromatic heterocycles. The Kier molecular flexibility index (Phi) is 1.75. The molecule has 0 saturated heterocycles. The van der Waals surface area contributed by atoms with Crippen molar-refractivity contribution in [3.63, 3.8) is 0 Å². The van der Waals surface area contributed by atoms with E-state index in [2.05, 4.69) is 16.8 Å². The van der Waals surface area contributed by atoms with Crippen LogP contribution in [0.15, 0.2) is 24.5 Å². The van der Waals surface area contributed by atoms with Crippen LogP contribution in [0.5, 0.6) is 0 Å². The van der Waals surface area contributed by atoms with Crippen molar-refractivity contribution in [1.82, 2.24) is 9.55 Å². The second-order valence-electron chi connectivity index (χ2n) is 2.82. The molecule has 0 atom stereocenters. The summed E-state index contributed by atoms with van der Waals surface area (Å²) in [5.41, 5.74) is 2.66. The van der Waals surface area contributed by atoms with Gasteiger partial charge in [-0.05, 0) is 19.1 Å². The van der Waals surface area contributed by atoms with Crippen LogP contribution in [-0.4, -0.2) is 9.55 Å². The number of hydrogen-bond acceptors (Lipinski definition) is 1. The quantitative estimate of drug-likeness (QED) is 0.604. The topological polar surface area (TPSA) is 22.2 Å². The van der Waals surface area contributed by atoms with Crippen LogP contribution in [0.3, 0.4) is 0 Å². The Bertz CT molecular complexity index is 476.